The zero-order valence-corrected chi connectivity index (χ0v) is 10.4. The minimum atomic E-state index is 0.0830. The Labute approximate surface area is 107 Å². The van der Waals surface area contributed by atoms with Crippen LogP contribution in [0.2, 0.25) is 0 Å². The van der Waals surface area contributed by atoms with Crippen LogP contribution in [0.15, 0.2) is 24.3 Å². The van der Waals surface area contributed by atoms with Crippen LogP contribution in [0.3, 0.4) is 0 Å². The molecule has 1 aromatic carbocycles. The molecule has 0 bridgehead atoms. The fourth-order valence-electron chi connectivity index (χ4n) is 2.42. The first kappa shape index (κ1) is 13.1. The molecule has 1 aliphatic heterocycles. The lowest BCUT2D eigenvalue weighted by Crippen LogP contribution is -2.28. The minimum absolute atomic E-state index is 0.0830. The second-order valence-corrected chi connectivity index (χ2v) is 4.87. The zero-order valence-electron chi connectivity index (χ0n) is 10.4. The van der Waals surface area contributed by atoms with E-state index in [0.717, 1.165) is 25.9 Å². The molecule has 2 N–H and O–H groups in total. The molecule has 1 unspecified atom stereocenters. The van der Waals surface area contributed by atoms with Crippen molar-refractivity contribution in [1.29, 1.82) is 0 Å². The van der Waals surface area contributed by atoms with Gasteiger partial charge in [-0.1, -0.05) is 0 Å². The lowest BCUT2D eigenvalue weighted by atomic mass is 10.1. The molecule has 0 spiro atoms. The van der Waals surface area contributed by atoms with Gasteiger partial charge in [-0.2, -0.15) is 0 Å². The van der Waals surface area contributed by atoms with Gasteiger partial charge in [-0.05, 0) is 49.6 Å². The molecule has 1 atom stereocenters. The molecule has 0 aliphatic carbocycles. The van der Waals surface area contributed by atoms with E-state index in [1.54, 1.807) is 12.1 Å². The van der Waals surface area contributed by atoms with Gasteiger partial charge < -0.3 is 10.2 Å². The molecule has 0 amide bonds. The zero-order chi connectivity index (χ0) is 13.0. The summed E-state index contributed by atoms with van der Waals surface area (Å²) in [5.41, 5.74) is 0.637. The Hall–Kier alpha value is -1.39. The summed E-state index contributed by atoms with van der Waals surface area (Å²) in [6.45, 7) is 2.47. The molecular weight excluding hydrogens is 230 g/mol. The van der Waals surface area contributed by atoms with Gasteiger partial charge in [-0.3, -0.25) is 9.69 Å². The maximum Gasteiger partial charge on any atom is 0.176 e. The van der Waals surface area contributed by atoms with E-state index in [1.165, 1.54) is 12.1 Å². The van der Waals surface area contributed by atoms with Crippen molar-refractivity contribution in [3.8, 4) is 5.75 Å². The molecule has 0 saturated carbocycles. The normalized spacial score (nSPS) is 20.2. The topological polar surface area (TPSA) is 60.8 Å². The van der Waals surface area contributed by atoms with Gasteiger partial charge in [0.1, 0.15) is 5.75 Å². The molecule has 0 radical (unpaired) electrons. The Morgan fingerprint density at radius 2 is 2.06 bits per heavy atom. The molecule has 1 aliphatic rings. The summed E-state index contributed by atoms with van der Waals surface area (Å²) in [6.07, 6.45) is 1.88. The van der Waals surface area contributed by atoms with E-state index in [2.05, 4.69) is 4.90 Å². The number of rotatable bonds is 5. The highest BCUT2D eigenvalue weighted by Crippen LogP contribution is 2.19. The van der Waals surface area contributed by atoms with E-state index in [9.17, 15) is 9.90 Å². The predicted octanol–water partition coefficient (Wildman–Crippen LogP) is 1.28. The molecule has 2 rings (SSSR count). The number of aliphatic hydroxyl groups is 1. The van der Waals surface area contributed by atoms with E-state index in [0.29, 0.717) is 18.0 Å². The number of benzene rings is 1. The lowest BCUT2D eigenvalue weighted by molar-refractivity contribution is 0.0942. The van der Waals surface area contributed by atoms with Crippen molar-refractivity contribution in [1.82, 2.24) is 4.90 Å². The standard InChI is InChI=1S/C14H19NO3/c16-8-6-11-5-7-15(9-11)10-14(18)12-1-3-13(17)4-2-12/h1-4,11,16-17H,5-10H2. The molecule has 1 heterocycles. The van der Waals surface area contributed by atoms with Gasteiger partial charge in [0.15, 0.2) is 5.78 Å². The molecule has 18 heavy (non-hydrogen) atoms. The maximum absolute atomic E-state index is 12.0. The van der Waals surface area contributed by atoms with Crippen LogP contribution in [0.1, 0.15) is 23.2 Å². The third-order valence-corrected chi connectivity index (χ3v) is 3.46. The number of carbonyl (C=O) groups is 1. The second-order valence-electron chi connectivity index (χ2n) is 4.87. The summed E-state index contributed by atoms with van der Waals surface area (Å²) >= 11 is 0. The molecule has 1 aromatic rings. The molecule has 4 nitrogen and oxygen atoms in total. The van der Waals surface area contributed by atoms with E-state index in [4.69, 9.17) is 5.11 Å². The van der Waals surface area contributed by atoms with Crippen LogP contribution in [0.25, 0.3) is 0 Å². The highest BCUT2D eigenvalue weighted by molar-refractivity contribution is 5.97. The summed E-state index contributed by atoms with van der Waals surface area (Å²) in [5.74, 6) is 0.776. The predicted molar refractivity (Wildman–Crippen MR) is 68.7 cm³/mol. The van der Waals surface area contributed by atoms with Crippen LogP contribution < -0.4 is 0 Å². The Balaban J connectivity index is 1.87. The number of Topliss-reactive ketones (excluding diaryl/α,β-unsaturated/α-hetero) is 1. The lowest BCUT2D eigenvalue weighted by Gasteiger charge is -2.14. The number of hydrogen-bond acceptors (Lipinski definition) is 4. The van der Waals surface area contributed by atoms with E-state index < -0.39 is 0 Å². The van der Waals surface area contributed by atoms with Gasteiger partial charge >= 0.3 is 0 Å². The number of ketones is 1. The number of phenols is 1. The van der Waals surface area contributed by atoms with Crippen LogP contribution >= 0.6 is 0 Å². The van der Waals surface area contributed by atoms with Crippen molar-refractivity contribution in [2.24, 2.45) is 5.92 Å². The second kappa shape index (κ2) is 5.98. The summed E-state index contributed by atoms with van der Waals surface area (Å²) in [7, 11) is 0. The molecule has 4 heteroatoms. The summed E-state index contributed by atoms with van der Waals surface area (Å²) < 4.78 is 0. The minimum Gasteiger partial charge on any atom is -0.508 e. The SMILES string of the molecule is O=C(CN1CCC(CCO)C1)c1ccc(O)cc1. The monoisotopic (exact) mass is 249 g/mol. The van der Waals surface area contributed by atoms with Crippen molar-refractivity contribution < 1.29 is 15.0 Å². The van der Waals surface area contributed by atoms with E-state index >= 15 is 0 Å². The van der Waals surface area contributed by atoms with Crippen LogP contribution in [-0.2, 0) is 0 Å². The highest BCUT2D eigenvalue weighted by Gasteiger charge is 2.23. The summed E-state index contributed by atoms with van der Waals surface area (Å²) in [4.78, 5) is 14.1. The fraction of sp³-hybridized carbons (Fsp3) is 0.500. The maximum atomic E-state index is 12.0. The third-order valence-electron chi connectivity index (χ3n) is 3.46. The van der Waals surface area contributed by atoms with Crippen molar-refractivity contribution in [3.05, 3.63) is 29.8 Å². The van der Waals surface area contributed by atoms with Crippen molar-refractivity contribution >= 4 is 5.78 Å². The average molecular weight is 249 g/mol. The van der Waals surface area contributed by atoms with Crippen molar-refractivity contribution in [3.63, 3.8) is 0 Å². The Kier molecular flexibility index (Phi) is 4.33. The van der Waals surface area contributed by atoms with Gasteiger partial charge in [-0.15, -0.1) is 0 Å². The number of likely N-dealkylation sites (tertiary alicyclic amines) is 1. The first-order valence-electron chi connectivity index (χ1n) is 6.34. The van der Waals surface area contributed by atoms with Crippen LogP contribution in [0.5, 0.6) is 5.75 Å². The average Bonchev–Trinajstić information content (AvgIpc) is 2.78. The number of hydrogen-bond donors (Lipinski definition) is 2. The number of phenolic OH excluding ortho intramolecular Hbond substituents is 1. The smallest absolute Gasteiger partial charge is 0.176 e. The third kappa shape index (κ3) is 3.31. The molecule has 0 aromatic heterocycles. The quantitative estimate of drug-likeness (QED) is 0.772. The Morgan fingerprint density at radius 3 is 2.72 bits per heavy atom. The molecule has 1 saturated heterocycles. The number of aromatic hydroxyl groups is 1. The number of nitrogens with zero attached hydrogens (tertiary/aromatic N) is 1. The Bertz CT molecular complexity index is 402. The summed E-state index contributed by atoms with van der Waals surface area (Å²) in [5, 5.41) is 18.1. The van der Waals surface area contributed by atoms with Crippen molar-refractivity contribution in [2.75, 3.05) is 26.2 Å². The molecule has 1 fully saturated rings. The summed E-state index contributed by atoms with van der Waals surface area (Å²) in [6, 6.07) is 6.37. The molecule has 98 valence electrons. The first-order valence-corrected chi connectivity index (χ1v) is 6.34. The van der Waals surface area contributed by atoms with E-state index in [-0.39, 0.29) is 18.1 Å². The largest absolute Gasteiger partial charge is 0.508 e. The van der Waals surface area contributed by atoms with Gasteiger partial charge in [-0.25, -0.2) is 0 Å². The van der Waals surface area contributed by atoms with Gasteiger partial charge in [0.25, 0.3) is 0 Å². The van der Waals surface area contributed by atoms with Gasteiger partial charge in [0.05, 0.1) is 6.54 Å². The van der Waals surface area contributed by atoms with Gasteiger partial charge in [0.2, 0.25) is 0 Å². The van der Waals surface area contributed by atoms with E-state index in [1.807, 2.05) is 0 Å². The Morgan fingerprint density at radius 1 is 1.33 bits per heavy atom. The fourth-order valence-corrected chi connectivity index (χ4v) is 2.42. The van der Waals surface area contributed by atoms with Crippen LogP contribution in [-0.4, -0.2) is 47.1 Å². The van der Waals surface area contributed by atoms with Crippen LogP contribution in [0.4, 0.5) is 0 Å². The number of aliphatic hydroxyl groups excluding tert-OH is 1. The first-order chi connectivity index (χ1) is 8.69. The van der Waals surface area contributed by atoms with Crippen LogP contribution in [0, 0.1) is 5.92 Å². The highest BCUT2D eigenvalue weighted by atomic mass is 16.3. The molecular formula is C14H19NO3. The van der Waals surface area contributed by atoms with Gasteiger partial charge in [0, 0.05) is 18.7 Å². The number of carbonyl (C=O) groups excluding carboxylic acids is 1. The van der Waals surface area contributed by atoms with Crippen molar-refractivity contribution in [2.45, 2.75) is 12.8 Å².